The maximum atomic E-state index is 13.7. The number of nitrogens with zero attached hydrogens (tertiary/aromatic N) is 1. The lowest BCUT2D eigenvalue weighted by Gasteiger charge is -2.46. The van der Waals surface area contributed by atoms with Crippen LogP contribution < -0.4 is 10.6 Å². The number of primary amides is 1. The number of amides is 1. The predicted molar refractivity (Wildman–Crippen MR) is 138 cm³/mol. The summed E-state index contributed by atoms with van der Waals surface area (Å²) in [5.41, 5.74) is 3.33. The van der Waals surface area contributed by atoms with E-state index in [1.54, 1.807) is 25.1 Å². The van der Waals surface area contributed by atoms with Crippen LogP contribution in [0.15, 0.2) is 23.0 Å². The van der Waals surface area contributed by atoms with Crippen molar-refractivity contribution in [2.75, 3.05) is 31.0 Å². The largest absolute Gasteiger partial charge is 0.508 e. The van der Waals surface area contributed by atoms with Crippen molar-refractivity contribution in [3.05, 3.63) is 39.7 Å². The first-order chi connectivity index (χ1) is 17.6. The first kappa shape index (κ1) is 27.6. The molecule has 1 saturated carbocycles. The number of Topliss-reactive ketones (excluding diaryl/α,β-unsaturated/α-hetero) is 2. The number of hydrogen-bond acceptors (Lipinski definition) is 10. The molecule has 206 valence electrons. The van der Waals surface area contributed by atoms with Crippen LogP contribution >= 0.6 is 0 Å². The highest BCUT2D eigenvalue weighted by Crippen LogP contribution is 2.53. The molecule has 0 spiro atoms. The molecule has 38 heavy (non-hydrogen) atoms. The van der Waals surface area contributed by atoms with E-state index in [9.17, 15) is 43.2 Å². The fourth-order valence-corrected chi connectivity index (χ4v) is 6.72. The fraction of sp³-hybridized carbons (Fsp3) is 0.500. The third-order valence-corrected chi connectivity index (χ3v) is 8.84. The highest BCUT2D eigenvalue weighted by molar-refractivity contribution is 7.90. The molecule has 0 aliphatic heterocycles. The van der Waals surface area contributed by atoms with Crippen LogP contribution in [-0.4, -0.2) is 78.0 Å². The SMILES string of the molecule is CN(C)c1cc(CCCCS(C)(=O)=O)c(O)c2c1C[C@H]1C[C@H]3CC(=O)C(C(N)=O)=C(O)[C@@]3(O)C(=O)C1=C2O. The van der Waals surface area contributed by atoms with Gasteiger partial charge in [0.2, 0.25) is 5.78 Å². The third kappa shape index (κ3) is 4.35. The number of rotatable bonds is 7. The fourth-order valence-electron chi connectivity index (χ4n) is 5.99. The number of benzene rings is 1. The number of sulfone groups is 1. The van der Waals surface area contributed by atoms with Crippen LogP contribution in [0, 0.1) is 11.8 Å². The van der Waals surface area contributed by atoms with Gasteiger partial charge in [-0.3, -0.25) is 14.4 Å². The van der Waals surface area contributed by atoms with Crippen molar-refractivity contribution in [3.63, 3.8) is 0 Å². The molecule has 3 atom stereocenters. The molecule has 1 fully saturated rings. The minimum atomic E-state index is -3.14. The van der Waals surface area contributed by atoms with Gasteiger partial charge in [-0.1, -0.05) is 0 Å². The molecule has 4 rings (SSSR count). The Morgan fingerprint density at radius 1 is 1.16 bits per heavy atom. The predicted octanol–water partition coefficient (Wildman–Crippen LogP) is 0.857. The van der Waals surface area contributed by atoms with E-state index in [0.29, 0.717) is 36.1 Å². The number of unbranched alkanes of at least 4 members (excludes halogenated alkanes) is 1. The van der Waals surface area contributed by atoms with Crippen LogP contribution in [0.2, 0.25) is 0 Å². The molecular formula is C26H32N2O9S. The van der Waals surface area contributed by atoms with Crippen molar-refractivity contribution in [2.24, 2.45) is 17.6 Å². The van der Waals surface area contributed by atoms with Crippen LogP contribution in [0.3, 0.4) is 0 Å². The number of aliphatic hydroxyl groups excluding tert-OH is 2. The number of ketones is 2. The van der Waals surface area contributed by atoms with E-state index in [-0.39, 0.29) is 41.9 Å². The number of anilines is 1. The Morgan fingerprint density at radius 2 is 1.82 bits per heavy atom. The van der Waals surface area contributed by atoms with E-state index in [0.717, 1.165) is 6.26 Å². The van der Waals surface area contributed by atoms with Gasteiger partial charge < -0.3 is 31.1 Å². The molecule has 1 amide bonds. The van der Waals surface area contributed by atoms with Gasteiger partial charge in [-0.05, 0) is 55.2 Å². The second-order valence-electron chi connectivity index (χ2n) is 10.6. The van der Waals surface area contributed by atoms with Gasteiger partial charge in [0.05, 0.1) is 5.56 Å². The zero-order chi connectivity index (χ0) is 28.3. The highest BCUT2D eigenvalue weighted by atomic mass is 32.2. The summed E-state index contributed by atoms with van der Waals surface area (Å²) < 4.78 is 22.9. The Balaban J connectivity index is 1.83. The molecule has 3 aliphatic carbocycles. The maximum Gasteiger partial charge on any atom is 0.255 e. The lowest BCUT2D eigenvalue weighted by molar-refractivity contribution is -0.147. The van der Waals surface area contributed by atoms with Crippen LogP contribution in [0.25, 0.3) is 5.76 Å². The molecule has 1 aromatic carbocycles. The Hall–Kier alpha value is -3.38. The molecule has 11 nitrogen and oxygen atoms in total. The van der Waals surface area contributed by atoms with Crippen LogP contribution in [0.5, 0.6) is 5.75 Å². The molecule has 1 aromatic rings. The third-order valence-electron chi connectivity index (χ3n) is 7.81. The Kier molecular flexibility index (Phi) is 6.86. The Morgan fingerprint density at radius 3 is 2.39 bits per heavy atom. The van der Waals surface area contributed by atoms with Crippen LogP contribution in [0.4, 0.5) is 5.69 Å². The zero-order valence-corrected chi connectivity index (χ0v) is 22.3. The summed E-state index contributed by atoms with van der Waals surface area (Å²) in [7, 11) is 0.434. The summed E-state index contributed by atoms with van der Waals surface area (Å²) in [5.74, 6) is -6.64. The molecule has 6 N–H and O–H groups in total. The monoisotopic (exact) mass is 548 g/mol. The second-order valence-corrected chi connectivity index (χ2v) is 12.9. The maximum absolute atomic E-state index is 13.7. The van der Waals surface area contributed by atoms with E-state index < -0.39 is 61.8 Å². The van der Waals surface area contributed by atoms with Crippen molar-refractivity contribution in [3.8, 4) is 5.75 Å². The molecule has 0 radical (unpaired) electrons. The zero-order valence-electron chi connectivity index (χ0n) is 21.4. The number of fused-ring (bicyclic) bond motifs is 3. The summed E-state index contributed by atoms with van der Waals surface area (Å²) in [4.78, 5) is 39.7. The van der Waals surface area contributed by atoms with Gasteiger partial charge in [-0.15, -0.1) is 0 Å². The van der Waals surface area contributed by atoms with Crippen molar-refractivity contribution >= 4 is 38.8 Å². The van der Waals surface area contributed by atoms with E-state index in [4.69, 9.17) is 5.73 Å². The lowest BCUT2D eigenvalue weighted by Crippen LogP contribution is -2.58. The van der Waals surface area contributed by atoms with E-state index in [1.165, 1.54) is 0 Å². The quantitative estimate of drug-likeness (QED) is 0.241. The second kappa shape index (κ2) is 9.42. The molecule has 12 heteroatoms. The molecule has 0 bridgehead atoms. The minimum absolute atomic E-state index is 0.00270. The van der Waals surface area contributed by atoms with Gasteiger partial charge in [0.25, 0.3) is 5.91 Å². The Bertz CT molecular complexity index is 1420. The standard InChI is InChI=1S/C26H32N2O9S/c1-28(2)16-10-12(6-4-5-7-38(3,36)37)21(30)19-15(16)9-13-8-14-11-17(29)20(25(27)34)24(33)26(14,35)23(32)18(13)22(19)31/h10,13-14,30-31,33,35H,4-9,11H2,1-3H3,(H2,27,34)/t13-,14+,26+/m1/s1. The van der Waals surface area contributed by atoms with E-state index >= 15 is 0 Å². The number of phenolic OH excluding ortho intramolecular Hbond substituents is 1. The summed E-state index contributed by atoms with van der Waals surface area (Å²) >= 11 is 0. The smallest absolute Gasteiger partial charge is 0.255 e. The number of carbonyl (C=O) groups excluding carboxylic acids is 3. The van der Waals surface area contributed by atoms with E-state index in [2.05, 4.69) is 0 Å². The summed E-state index contributed by atoms with van der Waals surface area (Å²) in [6.45, 7) is 0. The van der Waals surface area contributed by atoms with E-state index in [1.807, 2.05) is 0 Å². The van der Waals surface area contributed by atoms with Crippen molar-refractivity contribution < 1.29 is 43.2 Å². The highest BCUT2D eigenvalue weighted by Gasteiger charge is 2.60. The number of aromatic hydroxyl groups is 1. The average Bonchev–Trinajstić information content (AvgIpc) is 2.79. The number of hydrogen-bond donors (Lipinski definition) is 5. The number of phenols is 1. The molecule has 3 aliphatic rings. The van der Waals surface area contributed by atoms with Gasteiger partial charge in [-0.2, -0.15) is 0 Å². The van der Waals surface area contributed by atoms with Gasteiger partial charge in [0.1, 0.15) is 32.7 Å². The molecule has 0 saturated heterocycles. The van der Waals surface area contributed by atoms with Gasteiger partial charge >= 0.3 is 0 Å². The number of carbonyl (C=O) groups is 3. The van der Waals surface area contributed by atoms with Crippen molar-refractivity contribution in [2.45, 2.75) is 44.1 Å². The van der Waals surface area contributed by atoms with Gasteiger partial charge in [0, 0.05) is 49.7 Å². The van der Waals surface area contributed by atoms with Crippen molar-refractivity contribution in [1.82, 2.24) is 0 Å². The van der Waals surface area contributed by atoms with Crippen molar-refractivity contribution in [1.29, 1.82) is 0 Å². The Labute approximate surface area is 220 Å². The van der Waals surface area contributed by atoms with Gasteiger partial charge in [-0.25, -0.2) is 8.42 Å². The topological polar surface area (TPSA) is 196 Å². The molecular weight excluding hydrogens is 516 g/mol. The summed E-state index contributed by atoms with van der Waals surface area (Å²) in [6, 6.07) is 1.77. The van der Waals surface area contributed by atoms with Crippen LogP contribution in [0.1, 0.15) is 42.4 Å². The van der Waals surface area contributed by atoms with Gasteiger partial charge in [0.15, 0.2) is 11.4 Å². The molecule has 0 heterocycles. The molecule has 0 unspecified atom stereocenters. The summed E-state index contributed by atoms with van der Waals surface area (Å²) in [6.07, 6.45) is 2.19. The normalized spacial score (nSPS) is 25.2. The molecule has 0 aromatic heterocycles. The number of aryl methyl sites for hydroxylation is 1. The minimum Gasteiger partial charge on any atom is -0.508 e. The summed E-state index contributed by atoms with van der Waals surface area (Å²) in [5, 5.41) is 44.6. The average molecular weight is 549 g/mol. The van der Waals surface area contributed by atoms with Crippen LogP contribution in [-0.2, 0) is 37.1 Å². The number of nitrogens with two attached hydrogens (primary N) is 1. The lowest BCUT2D eigenvalue weighted by atomic mass is 9.59. The number of aliphatic hydroxyl groups is 3. The first-order valence-corrected chi connectivity index (χ1v) is 14.4. The first-order valence-electron chi connectivity index (χ1n) is 12.3.